The van der Waals surface area contributed by atoms with Gasteiger partial charge in [0.25, 0.3) is 5.91 Å². The average molecular weight is 458 g/mol. The summed E-state index contributed by atoms with van der Waals surface area (Å²) in [7, 11) is 0. The van der Waals surface area contributed by atoms with E-state index in [9.17, 15) is 9.18 Å². The number of nitrogens with one attached hydrogen (secondary N) is 3. The zero-order valence-corrected chi connectivity index (χ0v) is 18.3. The van der Waals surface area contributed by atoms with Crippen LogP contribution in [-0.2, 0) is 19.4 Å². The number of imidazole rings is 1. The number of aromatic amines is 1. The third kappa shape index (κ3) is 4.94. The van der Waals surface area contributed by atoms with Crippen molar-refractivity contribution < 1.29 is 13.6 Å². The number of oxazole rings is 1. The highest BCUT2D eigenvalue weighted by Crippen LogP contribution is 2.21. The molecule has 8 nitrogen and oxygen atoms in total. The van der Waals surface area contributed by atoms with Gasteiger partial charge in [0.2, 0.25) is 0 Å². The fourth-order valence-electron chi connectivity index (χ4n) is 3.73. The molecule has 1 amide bonds. The minimum atomic E-state index is -0.467. The van der Waals surface area contributed by atoms with Gasteiger partial charge in [-0.05, 0) is 35.0 Å². The molecular weight excluding hydrogens is 435 g/mol. The van der Waals surface area contributed by atoms with Gasteiger partial charge in [0.05, 0.1) is 23.3 Å². The van der Waals surface area contributed by atoms with Gasteiger partial charge in [0.1, 0.15) is 17.9 Å². The summed E-state index contributed by atoms with van der Waals surface area (Å²) in [5, 5.41) is 8.30. The lowest BCUT2D eigenvalue weighted by Gasteiger charge is -2.03. The number of nitrogens with zero attached hydrogens (tertiary/aromatic N) is 3. The van der Waals surface area contributed by atoms with Gasteiger partial charge in [0, 0.05) is 32.1 Å². The third-order valence-electron chi connectivity index (χ3n) is 5.49. The summed E-state index contributed by atoms with van der Waals surface area (Å²) in [6.45, 7) is 1.36. The van der Waals surface area contributed by atoms with Gasteiger partial charge < -0.3 is 20.0 Å². The van der Waals surface area contributed by atoms with Gasteiger partial charge >= 0.3 is 0 Å². The molecule has 172 valence electrons. The van der Waals surface area contributed by atoms with Crippen molar-refractivity contribution in [3.05, 3.63) is 89.9 Å². The van der Waals surface area contributed by atoms with Crippen molar-refractivity contribution in [2.75, 3.05) is 13.1 Å². The lowest BCUT2D eigenvalue weighted by atomic mass is 10.1. The summed E-state index contributed by atoms with van der Waals surface area (Å²) < 4.78 is 19.0. The van der Waals surface area contributed by atoms with Crippen LogP contribution in [0.3, 0.4) is 0 Å². The maximum absolute atomic E-state index is 13.6. The fraction of sp³-hybridized carbons (Fsp3) is 0.200. The molecule has 5 aromatic rings. The van der Waals surface area contributed by atoms with Crippen LogP contribution in [0.4, 0.5) is 4.39 Å². The Morgan fingerprint density at radius 2 is 1.85 bits per heavy atom. The molecule has 2 aromatic carbocycles. The largest absolute Gasteiger partial charge is 0.448 e. The molecule has 0 fully saturated rings. The summed E-state index contributed by atoms with van der Waals surface area (Å²) in [5.41, 5.74) is 2.32. The van der Waals surface area contributed by atoms with E-state index in [4.69, 9.17) is 4.42 Å². The number of H-pyrrole nitrogens is 1. The zero-order chi connectivity index (χ0) is 23.3. The van der Waals surface area contributed by atoms with Crippen molar-refractivity contribution in [3.8, 4) is 0 Å². The van der Waals surface area contributed by atoms with E-state index in [1.807, 2.05) is 12.1 Å². The molecular formula is C25H23FN6O2. The maximum Gasteiger partial charge on any atom is 0.273 e. The highest BCUT2D eigenvalue weighted by molar-refractivity contribution is 5.95. The van der Waals surface area contributed by atoms with Crippen molar-refractivity contribution in [3.63, 3.8) is 0 Å². The van der Waals surface area contributed by atoms with Crippen molar-refractivity contribution in [1.82, 2.24) is 30.6 Å². The van der Waals surface area contributed by atoms with Crippen LogP contribution in [-0.4, -0.2) is 38.9 Å². The molecule has 34 heavy (non-hydrogen) atoms. The van der Waals surface area contributed by atoms with Crippen molar-refractivity contribution >= 4 is 27.7 Å². The van der Waals surface area contributed by atoms with Gasteiger partial charge in [0.15, 0.2) is 11.6 Å². The van der Waals surface area contributed by atoms with E-state index in [1.165, 1.54) is 35.4 Å². The number of carbonyl (C=O) groups excluding carboxylic acids is 1. The SMILES string of the molecule is O=C(NCc1ncccc1F)c1coc(CCNCCc2nc3cc4ccccc4cc3[nH]2)n1. The number of hydrogen-bond acceptors (Lipinski definition) is 6. The first-order valence-electron chi connectivity index (χ1n) is 11.1. The van der Waals surface area contributed by atoms with Crippen LogP contribution in [0.5, 0.6) is 0 Å². The number of amides is 1. The number of halogens is 1. The summed E-state index contributed by atoms with van der Waals surface area (Å²) in [6.07, 6.45) is 4.07. The predicted octanol–water partition coefficient (Wildman–Crippen LogP) is 3.54. The van der Waals surface area contributed by atoms with Gasteiger partial charge in [-0.1, -0.05) is 24.3 Å². The van der Waals surface area contributed by atoms with Gasteiger partial charge in [-0.15, -0.1) is 0 Å². The molecule has 0 spiro atoms. The van der Waals surface area contributed by atoms with E-state index in [0.29, 0.717) is 18.9 Å². The molecule has 0 saturated heterocycles. The summed E-state index contributed by atoms with van der Waals surface area (Å²) in [4.78, 5) is 28.4. The van der Waals surface area contributed by atoms with Crippen LogP contribution in [0.1, 0.15) is 27.9 Å². The Balaban J connectivity index is 1.07. The molecule has 3 heterocycles. The Kier molecular flexibility index (Phi) is 6.26. The summed E-state index contributed by atoms with van der Waals surface area (Å²) in [6, 6.07) is 15.2. The first-order chi connectivity index (χ1) is 16.7. The summed E-state index contributed by atoms with van der Waals surface area (Å²) in [5.74, 6) is 0.477. The molecule has 9 heteroatoms. The summed E-state index contributed by atoms with van der Waals surface area (Å²) >= 11 is 0. The number of pyridine rings is 1. The van der Waals surface area contributed by atoms with E-state index in [-0.39, 0.29) is 17.9 Å². The smallest absolute Gasteiger partial charge is 0.273 e. The number of hydrogen-bond donors (Lipinski definition) is 3. The zero-order valence-electron chi connectivity index (χ0n) is 18.3. The van der Waals surface area contributed by atoms with Crippen LogP contribution in [0, 0.1) is 5.82 Å². The molecule has 0 unspecified atom stereocenters. The van der Waals surface area contributed by atoms with Crippen LogP contribution in [0.2, 0.25) is 0 Å². The first kappa shape index (κ1) is 21.7. The topological polar surface area (TPSA) is 109 Å². The van der Waals surface area contributed by atoms with Crippen LogP contribution < -0.4 is 10.6 Å². The molecule has 0 aliphatic carbocycles. The number of aromatic nitrogens is 4. The van der Waals surface area contributed by atoms with Crippen LogP contribution >= 0.6 is 0 Å². The number of benzene rings is 2. The highest BCUT2D eigenvalue weighted by atomic mass is 19.1. The van der Waals surface area contributed by atoms with E-state index in [1.54, 1.807) is 0 Å². The Hall–Kier alpha value is -4.11. The molecule has 5 rings (SSSR count). The molecule has 0 radical (unpaired) electrons. The standard InChI is InChI=1S/C25H23FN6O2/c26-18-6-3-9-28-21(18)14-29-25(33)22-15-34-24(32-22)8-11-27-10-7-23-30-19-12-16-4-1-2-5-17(16)13-20(19)31-23/h1-6,9,12-13,15,27H,7-8,10-11,14H2,(H,29,33)(H,30,31). The van der Waals surface area contributed by atoms with Gasteiger partial charge in [-0.3, -0.25) is 9.78 Å². The molecule has 0 atom stereocenters. The fourth-order valence-corrected chi connectivity index (χ4v) is 3.73. The third-order valence-corrected chi connectivity index (χ3v) is 5.49. The van der Waals surface area contributed by atoms with E-state index < -0.39 is 11.7 Å². The molecule has 0 saturated carbocycles. The van der Waals surface area contributed by atoms with Crippen LogP contribution in [0.15, 0.2) is 65.4 Å². The first-order valence-corrected chi connectivity index (χ1v) is 11.1. The molecule has 3 N–H and O–H groups in total. The number of carbonyl (C=O) groups is 1. The monoisotopic (exact) mass is 458 g/mol. The highest BCUT2D eigenvalue weighted by Gasteiger charge is 2.13. The van der Waals surface area contributed by atoms with Crippen molar-refractivity contribution in [1.29, 1.82) is 0 Å². The quantitative estimate of drug-likeness (QED) is 0.292. The minimum absolute atomic E-state index is 0.0208. The number of fused-ring (bicyclic) bond motifs is 2. The molecule has 0 aliphatic rings. The average Bonchev–Trinajstić information content (AvgIpc) is 3.48. The predicted molar refractivity (Wildman–Crippen MR) is 126 cm³/mol. The molecule has 3 aromatic heterocycles. The molecule has 0 bridgehead atoms. The van der Waals surface area contributed by atoms with Crippen LogP contribution in [0.25, 0.3) is 21.8 Å². The molecule has 0 aliphatic heterocycles. The Labute approximate surface area is 194 Å². The van der Waals surface area contributed by atoms with Gasteiger partial charge in [-0.2, -0.15) is 0 Å². The lowest BCUT2D eigenvalue weighted by molar-refractivity contribution is 0.0945. The second-order valence-electron chi connectivity index (χ2n) is 7.89. The van der Waals surface area contributed by atoms with E-state index in [0.717, 1.165) is 29.8 Å². The van der Waals surface area contributed by atoms with Crippen molar-refractivity contribution in [2.24, 2.45) is 0 Å². The Morgan fingerprint density at radius 1 is 1.03 bits per heavy atom. The van der Waals surface area contributed by atoms with E-state index >= 15 is 0 Å². The Bertz CT molecular complexity index is 1390. The van der Waals surface area contributed by atoms with Gasteiger partial charge in [-0.25, -0.2) is 14.4 Å². The normalized spacial score (nSPS) is 11.3. The lowest BCUT2D eigenvalue weighted by Crippen LogP contribution is -2.24. The number of rotatable bonds is 9. The maximum atomic E-state index is 13.6. The second-order valence-corrected chi connectivity index (χ2v) is 7.89. The Morgan fingerprint density at radius 3 is 2.71 bits per heavy atom. The van der Waals surface area contributed by atoms with E-state index in [2.05, 4.69) is 54.8 Å². The minimum Gasteiger partial charge on any atom is -0.448 e. The second kappa shape index (κ2) is 9.80. The van der Waals surface area contributed by atoms with Crippen molar-refractivity contribution in [2.45, 2.75) is 19.4 Å².